The van der Waals surface area contributed by atoms with E-state index in [9.17, 15) is 4.79 Å². The number of para-hydroxylation sites is 2. The summed E-state index contributed by atoms with van der Waals surface area (Å²) in [6.07, 6.45) is 0.369. The van der Waals surface area contributed by atoms with Gasteiger partial charge in [-0.05, 0) is 55.2 Å². The summed E-state index contributed by atoms with van der Waals surface area (Å²) in [7, 11) is 0. The van der Waals surface area contributed by atoms with Crippen LogP contribution in [0.15, 0.2) is 78.9 Å². The van der Waals surface area contributed by atoms with E-state index in [0.29, 0.717) is 30.6 Å². The summed E-state index contributed by atoms with van der Waals surface area (Å²) in [5.41, 5.74) is 1.77. The molecule has 0 aliphatic carbocycles. The van der Waals surface area contributed by atoms with E-state index in [1.165, 1.54) is 0 Å². The highest BCUT2D eigenvalue weighted by Gasteiger charge is 2.18. The Labute approximate surface area is 190 Å². The van der Waals surface area contributed by atoms with E-state index in [4.69, 9.17) is 14.2 Å². The highest BCUT2D eigenvalue weighted by atomic mass is 16.5. The summed E-state index contributed by atoms with van der Waals surface area (Å²) in [6.45, 7) is 6.88. The van der Waals surface area contributed by atoms with Gasteiger partial charge in [0.1, 0.15) is 30.5 Å². The van der Waals surface area contributed by atoms with E-state index < -0.39 is 6.10 Å². The zero-order valence-corrected chi connectivity index (χ0v) is 18.9. The molecule has 0 saturated heterocycles. The van der Waals surface area contributed by atoms with Crippen molar-refractivity contribution >= 4 is 11.6 Å². The molecule has 1 N–H and O–H groups in total. The van der Waals surface area contributed by atoms with Crippen LogP contribution in [0.25, 0.3) is 0 Å². The number of hydrogen-bond acceptors (Lipinski definition) is 4. The summed E-state index contributed by atoms with van der Waals surface area (Å²) >= 11 is 0. The lowest BCUT2D eigenvalue weighted by atomic mass is 9.98. The fourth-order valence-corrected chi connectivity index (χ4v) is 3.20. The minimum atomic E-state index is -0.635. The van der Waals surface area contributed by atoms with Crippen LogP contribution in [-0.4, -0.2) is 25.2 Å². The van der Waals surface area contributed by atoms with Gasteiger partial charge in [0.15, 0.2) is 6.10 Å². The van der Waals surface area contributed by atoms with E-state index in [-0.39, 0.29) is 5.91 Å². The van der Waals surface area contributed by atoms with Crippen LogP contribution in [0.1, 0.15) is 38.7 Å². The first-order chi connectivity index (χ1) is 15.6. The Kier molecular flexibility index (Phi) is 8.55. The average molecular weight is 434 g/mol. The molecule has 0 heterocycles. The van der Waals surface area contributed by atoms with Crippen LogP contribution in [0.4, 0.5) is 5.69 Å². The van der Waals surface area contributed by atoms with Crippen molar-refractivity contribution in [2.24, 2.45) is 0 Å². The van der Waals surface area contributed by atoms with E-state index in [2.05, 4.69) is 25.2 Å². The first-order valence-corrected chi connectivity index (χ1v) is 11.0. The SMILES string of the molecule is CCC(C)c1ccccc1OC(C)C(=O)Nc1cccc(OCCOc2ccccc2)c1. The van der Waals surface area contributed by atoms with Crippen molar-refractivity contribution < 1.29 is 19.0 Å². The number of nitrogens with one attached hydrogen (secondary N) is 1. The number of carbonyl (C=O) groups excluding carboxylic acids is 1. The highest BCUT2D eigenvalue weighted by molar-refractivity contribution is 5.94. The molecule has 32 heavy (non-hydrogen) atoms. The Bertz CT molecular complexity index is 990. The van der Waals surface area contributed by atoms with Crippen LogP contribution in [0.3, 0.4) is 0 Å². The zero-order chi connectivity index (χ0) is 22.8. The van der Waals surface area contributed by atoms with Crippen LogP contribution in [0, 0.1) is 0 Å². The first-order valence-electron chi connectivity index (χ1n) is 11.0. The van der Waals surface area contributed by atoms with Gasteiger partial charge in [-0.1, -0.05) is 56.3 Å². The number of hydrogen-bond donors (Lipinski definition) is 1. The second-order valence-electron chi connectivity index (χ2n) is 7.63. The van der Waals surface area contributed by atoms with Crippen LogP contribution in [0.2, 0.25) is 0 Å². The molecular formula is C27H31NO4. The van der Waals surface area contributed by atoms with E-state index in [1.54, 1.807) is 13.0 Å². The summed E-state index contributed by atoms with van der Waals surface area (Å²) in [4.78, 5) is 12.7. The van der Waals surface area contributed by atoms with Crippen molar-refractivity contribution in [1.29, 1.82) is 0 Å². The fraction of sp³-hybridized carbons (Fsp3) is 0.296. The standard InChI is InChI=1S/C27H31NO4/c1-4-20(2)25-15-8-9-16-26(25)32-21(3)27(29)28-22-11-10-14-24(19-22)31-18-17-30-23-12-6-5-7-13-23/h5-16,19-21H,4,17-18H2,1-3H3,(H,28,29). The maximum absolute atomic E-state index is 12.7. The van der Waals surface area contributed by atoms with Gasteiger partial charge in [-0.25, -0.2) is 0 Å². The molecule has 2 atom stereocenters. The van der Waals surface area contributed by atoms with Gasteiger partial charge in [0.05, 0.1) is 0 Å². The predicted octanol–water partition coefficient (Wildman–Crippen LogP) is 6.06. The van der Waals surface area contributed by atoms with Crippen LogP contribution < -0.4 is 19.5 Å². The van der Waals surface area contributed by atoms with Crippen LogP contribution >= 0.6 is 0 Å². The van der Waals surface area contributed by atoms with Gasteiger partial charge in [0, 0.05) is 11.8 Å². The number of benzene rings is 3. The molecule has 0 spiro atoms. The molecule has 0 bridgehead atoms. The van der Waals surface area contributed by atoms with Crippen LogP contribution in [0.5, 0.6) is 17.2 Å². The lowest BCUT2D eigenvalue weighted by molar-refractivity contribution is -0.122. The molecule has 0 aliphatic heterocycles. The van der Waals surface area contributed by atoms with Gasteiger partial charge in [0.2, 0.25) is 0 Å². The Balaban J connectivity index is 1.51. The molecule has 3 aromatic rings. The van der Waals surface area contributed by atoms with Gasteiger partial charge in [-0.2, -0.15) is 0 Å². The van der Waals surface area contributed by atoms with E-state index in [0.717, 1.165) is 23.5 Å². The smallest absolute Gasteiger partial charge is 0.265 e. The number of amides is 1. The monoisotopic (exact) mass is 433 g/mol. The van der Waals surface area contributed by atoms with Gasteiger partial charge in [0.25, 0.3) is 5.91 Å². The third-order valence-electron chi connectivity index (χ3n) is 5.20. The fourth-order valence-electron chi connectivity index (χ4n) is 3.20. The predicted molar refractivity (Wildman–Crippen MR) is 128 cm³/mol. The third kappa shape index (κ3) is 6.77. The van der Waals surface area contributed by atoms with Crippen molar-refractivity contribution in [2.45, 2.75) is 39.2 Å². The number of ether oxygens (including phenoxy) is 3. The maximum atomic E-state index is 12.7. The number of carbonyl (C=O) groups is 1. The Morgan fingerprint density at radius 2 is 1.50 bits per heavy atom. The van der Waals surface area contributed by atoms with Crippen molar-refractivity contribution in [3.63, 3.8) is 0 Å². The molecule has 0 aromatic heterocycles. The lowest BCUT2D eigenvalue weighted by Crippen LogP contribution is -2.30. The molecule has 5 nitrogen and oxygen atoms in total. The molecule has 5 heteroatoms. The number of anilines is 1. The van der Waals surface area contributed by atoms with Crippen molar-refractivity contribution in [3.8, 4) is 17.2 Å². The minimum Gasteiger partial charge on any atom is -0.490 e. The normalized spacial score (nSPS) is 12.5. The quantitative estimate of drug-likeness (QED) is 0.373. The largest absolute Gasteiger partial charge is 0.490 e. The van der Waals surface area contributed by atoms with Gasteiger partial charge in [-0.3, -0.25) is 4.79 Å². The van der Waals surface area contributed by atoms with Crippen molar-refractivity contribution in [2.75, 3.05) is 18.5 Å². The molecule has 0 radical (unpaired) electrons. The van der Waals surface area contributed by atoms with Gasteiger partial charge in [-0.15, -0.1) is 0 Å². The van der Waals surface area contributed by atoms with Crippen LogP contribution in [-0.2, 0) is 4.79 Å². The zero-order valence-electron chi connectivity index (χ0n) is 18.9. The summed E-state index contributed by atoms with van der Waals surface area (Å²) in [6, 6.07) is 24.8. The molecular weight excluding hydrogens is 402 g/mol. The second-order valence-corrected chi connectivity index (χ2v) is 7.63. The molecule has 3 rings (SSSR count). The Morgan fingerprint density at radius 3 is 2.25 bits per heavy atom. The molecule has 0 fully saturated rings. The Morgan fingerprint density at radius 1 is 0.844 bits per heavy atom. The maximum Gasteiger partial charge on any atom is 0.265 e. The molecule has 1 amide bonds. The minimum absolute atomic E-state index is 0.214. The first kappa shape index (κ1) is 23.2. The molecule has 3 aromatic carbocycles. The molecule has 0 saturated carbocycles. The molecule has 168 valence electrons. The summed E-state index contributed by atoms with van der Waals surface area (Å²) in [5.74, 6) is 2.37. The lowest BCUT2D eigenvalue weighted by Gasteiger charge is -2.19. The summed E-state index contributed by atoms with van der Waals surface area (Å²) in [5, 5.41) is 2.91. The second kappa shape index (κ2) is 11.8. The molecule has 0 aliphatic rings. The summed E-state index contributed by atoms with van der Waals surface area (Å²) < 4.78 is 17.4. The van der Waals surface area contributed by atoms with Gasteiger partial charge < -0.3 is 19.5 Å². The van der Waals surface area contributed by atoms with Crippen molar-refractivity contribution in [3.05, 3.63) is 84.4 Å². The number of rotatable bonds is 11. The average Bonchev–Trinajstić information content (AvgIpc) is 2.82. The van der Waals surface area contributed by atoms with Gasteiger partial charge >= 0.3 is 0 Å². The Hall–Kier alpha value is -3.47. The highest BCUT2D eigenvalue weighted by Crippen LogP contribution is 2.29. The topological polar surface area (TPSA) is 56.8 Å². The third-order valence-corrected chi connectivity index (χ3v) is 5.20. The van der Waals surface area contributed by atoms with Crippen molar-refractivity contribution in [1.82, 2.24) is 0 Å². The van der Waals surface area contributed by atoms with E-state index >= 15 is 0 Å². The van der Waals surface area contributed by atoms with E-state index in [1.807, 2.05) is 66.7 Å². The molecule has 2 unspecified atom stereocenters.